The zero-order valence-electron chi connectivity index (χ0n) is 10.8. The van der Waals surface area contributed by atoms with Gasteiger partial charge in [0.15, 0.2) is 0 Å². The van der Waals surface area contributed by atoms with E-state index < -0.39 is 0 Å². The minimum absolute atomic E-state index is 0.157. The molecule has 0 unspecified atom stereocenters. The maximum absolute atomic E-state index is 5.90. The molecule has 0 heterocycles. The fourth-order valence-electron chi connectivity index (χ4n) is 1.40. The van der Waals surface area contributed by atoms with Crippen LogP contribution in [0.4, 0.5) is 0 Å². The van der Waals surface area contributed by atoms with Gasteiger partial charge in [-0.05, 0) is 43.9 Å². The van der Waals surface area contributed by atoms with Gasteiger partial charge in [0.05, 0.1) is 6.61 Å². The van der Waals surface area contributed by atoms with Crippen LogP contribution in [0.5, 0.6) is 5.75 Å². The minimum atomic E-state index is -0.157. The van der Waals surface area contributed by atoms with Gasteiger partial charge in [-0.25, -0.2) is 0 Å². The molecule has 0 saturated carbocycles. The number of benzene rings is 1. The first-order valence-electron chi connectivity index (χ1n) is 5.90. The molecule has 0 saturated heterocycles. The Balaban J connectivity index is 2.51. The molecule has 0 aliphatic heterocycles. The third kappa shape index (κ3) is 4.67. The zero-order valence-corrected chi connectivity index (χ0v) is 10.8. The van der Waals surface area contributed by atoms with Crippen molar-refractivity contribution in [1.29, 1.82) is 0 Å². The molecule has 0 radical (unpaired) electrons. The van der Waals surface area contributed by atoms with E-state index in [0.29, 0.717) is 12.5 Å². The van der Waals surface area contributed by atoms with Gasteiger partial charge in [0.1, 0.15) is 5.75 Å². The first-order chi connectivity index (χ1) is 7.38. The third-order valence-electron chi connectivity index (χ3n) is 2.54. The van der Waals surface area contributed by atoms with Gasteiger partial charge in [-0.3, -0.25) is 0 Å². The number of hydrogen-bond donors (Lipinski definition) is 1. The quantitative estimate of drug-likeness (QED) is 0.828. The monoisotopic (exact) mass is 221 g/mol. The molecule has 2 N–H and O–H groups in total. The predicted octanol–water partition coefficient (Wildman–Crippen LogP) is 3.32. The Labute approximate surface area is 98.8 Å². The van der Waals surface area contributed by atoms with Gasteiger partial charge in [-0.2, -0.15) is 0 Å². The minimum Gasteiger partial charge on any atom is -0.494 e. The summed E-state index contributed by atoms with van der Waals surface area (Å²) in [5.41, 5.74) is 7.05. The molecule has 2 heteroatoms. The highest BCUT2D eigenvalue weighted by molar-refractivity contribution is 5.30. The molecule has 0 atom stereocenters. The van der Waals surface area contributed by atoms with Gasteiger partial charge in [0.25, 0.3) is 0 Å². The Kier molecular flexibility index (Phi) is 4.36. The van der Waals surface area contributed by atoms with E-state index in [1.165, 1.54) is 5.56 Å². The third-order valence-corrected chi connectivity index (χ3v) is 2.54. The summed E-state index contributed by atoms with van der Waals surface area (Å²) in [4.78, 5) is 0. The molecular weight excluding hydrogens is 198 g/mol. The second kappa shape index (κ2) is 5.35. The van der Waals surface area contributed by atoms with Crippen molar-refractivity contribution in [2.75, 3.05) is 6.61 Å². The van der Waals surface area contributed by atoms with Crippen LogP contribution < -0.4 is 10.5 Å². The second-order valence-corrected chi connectivity index (χ2v) is 5.31. The van der Waals surface area contributed by atoms with Crippen molar-refractivity contribution in [3.63, 3.8) is 0 Å². The molecular formula is C14H23NO. The number of nitrogens with two attached hydrogens (primary N) is 1. The Hall–Kier alpha value is -1.02. The smallest absolute Gasteiger partial charge is 0.119 e. The SMILES string of the molecule is CC(C)c1cccc(OCCC(C)(C)N)c1. The van der Waals surface area contributed by atoms with Crippen molar-refractivity contribution >= 4 is 0 Å². The van der Waals surface area contributed by atoms with Gasteiger partial charge in [0.2, 0.25) is 0 Å². The van der Waals surface area contributed by atoms with E-state index >= 15 is 0 Å². The lowest BCUT2D eigenvalue weighted by Gasteiger charge is -2.18. The van der Waals surface area contributed by atoms with Crippen LogP contribution in [0.3, 0.4) is 0 Å². The van der Waals surface area contributed by atoms with Crippen molar-refractivity contribution < 1.29 is 4.74 Å². The molecule has 0 bridgehead atoms. The molecule has 0 aliphatic rings. The Morgan fingerprint density at radius 2 is 2.00 bits per heavy atom. The van der Waals surface area contributed by atoms with Crippen LogP contribution in [0.25, 0.3) is 0 Å². The Morgan fingerprint density at radius 1 is 1.31 bits per heavy atom. The highest BCUT2D eigenvalue weighted by Gasteiger charge is 2.10. The average molecular weight is 221 g/mol. The van der Waals surface area contributed by atoms with Gasteiger partial charge < -0.3 is 10.5 Å². The first kappa shape index (κ1) is 13.0. The van der Waals surface area contributed by atoms with E-state index in [2.05, 4.69) is 26.0 Å². The lowest BCUT2D eigenvalue weighted by Crippen LogP contribution is -2.33. The van der Waals surface area contributed by atoms with E-state index in [1.54, 1.807) is 0 Å². The van der Waals surface area contributed by atoms with E-state index in [4.69, 9.17) is 10.5 Å². The maximum Gasteiger partial charge on any atom is 0.119 e. The number of rotatable bonds is 5. The number of hydrogen-bond acceptors (Lipinski definition) is 2. The van der Waals surface area contributed by atoms with Gasteiger partial charge in [-0.1, -0.05) is 26.0 Å². The average Bonchev–Trinajstić information content (AvgIpc) is 2.16. The standard InChI is InChI=1S/C14H23NO/c1-11(2)12-6-5-7-13(10-12)16-9-8-14(3,4)15/h5-7,10-11H,8-9,15H2,1-4H3. The van der Waals surface area contributed by atoms with Crippen LogP contribution in [0.2, 0.25) is 0 Å². The van der Waals surface area contributed by atoms with Crippen molar-refractivity contribution in [3.8, 4) is 5.75 Å². The summed E-state index contributed by atoms with van der Waals surface area (Å²) in [7, 11) is 0. The molecule has 0 aromatic heterocycles. The molecule has 2 nitrogen and oxygen atoms in total. The molecule has 0 amide bonds. The molecule has 1 aromatic rings. The lowest BCUT2D eigenvalue weighted by molar-refractivity contribution is 0.274. The Bertz CT molecular complexity index is 326. The molecule has 1 rings (SSSR count). The summed E-state index contributed by atoms with van der Waals surface area (Å²) >= 11 is 0. The second-order valence-electron chi connectivity index (χ2n) is 5.31. The largest absolute Gasteiger partial charge is 0.494 e. The van der Waals surface area contributed by atoms with E-state index in [0.717, 1.165) is 12.2 Å². The van der Waals surface area contributed by atoms with Crippen molar-refractivity contribution in [2.45, 2.75) is 45.6 Å². The van der Waals surface area contributed by atoms with E-state index in [1.807, 2.05) is 26.0 Å². The molecule has 16 heavy (non-hydrogen) atoms. The fraction of sp³-hybridized carbons (Fsp3) is 0.571. The Morgan fingerprint density at radius 3 is 2.56 bits per heavy atom. The summed E-state index contributed by atoms with van der Waals surface area (Å²) in [6.45, 7) is 9.07. The first-order valence-corrected chi connectivity index (χ1v) is 5.90. The molecule has 0 fully saturated rings. The molecule has 0 aliphatic carbocycles. The van der Waals surface area contributed by atoms with Crippen molar-refractivity contribution in [2.24, 2.45) is 5.73 Å². The van der Waals surface area contributed by atoms with Crippen LogP contribution >= 0.6 is 0 Å². The zero-order chi connectivity index (χ0) is 12.2. The van der Waals surface area contributed by atoms with Crippen LogP contribution in [-0.2, 0) is 0 Å². The van der Waals surface area contributed by atoms with Crippen LogP contribution in [0.15, 0.2) is 24.3 Å². The maximum atomic E-state index is 5.90. The molecule has 0 spiro atoms. The number of ether oxygens (including phenoxy) is 1. The summed E-state index contributed by atoms with van der Waals surface area (Å²) in [5, 5.41) is 0. The summed E-state index contributed by atoms with van der Waals surface area (Å²) in [5.74, 6) is 1.48. The highest BCUT2D eigenvalue weighted by Crippen LogP contribution is 2.20. The van der Waals surface area contributed by atoms with Gasteiger partial charge >= 0.3 is 0 Å². The van der Waals surface area contributed by atoms with Crippen molar-refractivity contribution in [3.05, 3.63) is 29.8 Å². The van der Waals surface area contributed by atoms with Crippen LogP contribution in [-0.4, -0.2) is 12.1 Å². The molecule has 90 valence electrons. The van der Waals surface area contributed by atoms with Crippen molar-refractivity contribution in [1.82, 2.24) is 0 Å². The summed E-state index contributed by atoms with van der Waals surface area (Å²) < 4.78 is 5.69. The normalized spacial score (nSPS) is 11.9. The van der Waals surface area contributed by atoms with E-state index in [-0.39, 0.29) is 5.54 Å². The topological polar surface area (TPSA) is 35.2 Å². The van der Waals surface area contributed by atoms with Gasteiger partial charge in [0, 0.05) is 5.54 Å². The van der Waals surface area contributed by atoms with Gasteiger partial charge in [-0.15, -0.1) is 0 Å². The summed E-state index contributed by atoms with van der Waals surface area (Å²) in [6.07, 6.45) is 0.860. The fourth-order valence-corrected chi connectivity index (χ4v) is 1.40. The van der Waals surface area contributed by atoms with Crippen LogP contribution in [0, 0.1) is 0 Å². The molecule has 1 aromatic carbocycles. The lowest BCUT2D eigenvalue weighted by atomic mass is 10.0. The summed E-state index contributed by atoms with van der Waals surface area (Å²) in [6, 6.07) is 8.27. The highest BCUT2D eigenvalue weighted by atomic mass is 16.5. The van der Waals surface area contributed by atoms with Crippen LogP contribution in [0.1, 0.15) is 45.6 Å². The van der Waals surface area contributed by atoms with E-state index in [9.17, 15) is 0 Å². The predicted molar refractivity (Wildman–Crippen MR) is 68.9 cm³/mol.